The number of nitrogens with zero attached hydrogens (tertiary/aromatic N) is 2. The topological polar surface area (TPSA) is 98.7 Å². The number of halogens is 1. The van der Waals surface area contributed by atoms with E-state index in [1.54, 1.807) is 52.0 Å². The van der Waals surface area contributed by atoms with Crippen LogP contribution in [0.25, 0.3) is 0 Å². The van der Waals surface area contributed by atoms with E-state index in [4.69, 9.17) is 30.6 Å². The number of oxime groups is 1. The van der Waals surface area contributed by atoms with Crippen molar-refractivity contribution >= 4 is 29.3 Å². The average molecular weight is 524 g/mol. The van der Waals surface area contributed by atoms with E-state index >= 15 is 0 Å². The molecular weight excluding hydrogens is 486 g/mol. The number of carbonyl (C=O) groups excluding carboxylic acids is 2. The molecule has 2 aliphatic heterocycles. The molecule has 1 fully saturated rings. The van der Waals surface area contributed by atoms with E-state index in [1.807, 2.05) is 27.7 Å². The molecule has 2 aliphatic rings. The fourth-order valence-electron chi connectivity index (χ4n) is 4.66. The van der Waals surface area contributed by atoms with Gasteiger partial charge in [0.2, 0.25) is 5.91 Å². The van der Waals surface area contributed by atoms with Gasteiger partial charge in [-0.2, -0.15) is 0 Å². The third-order valence-corrected chi connectivity index (χ3v) is 6.63. The molecule has 0 bridgehead atoms. The van der Waals surface area contributed by atoms with Crippen LogP contribution < -0.4 is 14.8 Å². The zero-order valence-electron chi connectivity index (χ0n) is 22.7. The molecule has 9 nitrogen and oxygen atoms in total. The average Bonchev–Trinajstić information content (AvgIpc) is 3.31. The van der Waals surface area contributed by atoms with Gasteiger partial charge in [-0.1, -0.05) is 37.5 Å². The third kappa shape index (κ3) is 5.99. The first-order valence-corrected chi connectivity index (χ1v) is 12.4. The first kappa shape index (κ1) is 27.9. The van der Waals surface area contributed by atoms with Crippen molar-refractivity contribution < 1.29 is 28.6 Å². The van der Waals surface area contributed by atoms with Gasteiger partial charge in [0.1, 0.15) is 23.1 Å². The normalized spacial score (nSPS) is 22.7. The summed E-state index contributed by atoms with van der Waals surface area (Å²) in [4.78, 5) is 34.0. The highest BCUT2D eigenvalue weighted by molar-refractivity contribution is 6.32. The van der Waals surface area contributed by atoms with E-state index in [0.717, 1.165) is 5.56 Å². The molecule has 1 aromatic carbocycles. The monoisotopic (exact) mass is 523 g/mol. The van der Waals surface area contributed by atoms with Crippen molar-refractivity contribution in [1.82, 2.24) is 10.2 Å². The number of carbonyl (C=O) groups is 2. The first-order chi connectivity index (χ1) is 16.6. The summed E-state index contributed by atoms with van der Waals surface area (Å²) in [6, 6.07) is 2.59. The molecule has 0 radical (unpaired) electrons. The minimum absolute atomic E-state index is 0.112. The first-order valence-electron chi connectivity index (χ1n) is 12.1. The molecule has 2 heterocycles. The van der Waals surface area contributed by atoms with E-state index < -0.39 is 28.8 Å². The molecule has 200 valence electrons. The number of alkyl carbamates (subject to hydrolysis) is 1. The van der Waals surface area contributed by atoms with Crippen LogP contribution in [0.2, 0.25) is 5.02 Å². The number of ether oxygens (including phenoxy) is 3. The summed E-state index contributed by atoms with van der Waals surface area (Å²) in [7, 11) is 3.11. The second-order valence-electron chi connectivity index (χ2n) is 11.6. The lowest BCUT2D eigenvalue weighted by molar-refractivity contribution is -0.137. The lowest BCUT2D eigenvalue weighted by Gasteiger charge is -2.35. The second kappa shape index (κ2) is 10.00. The minimum atomic E-state index is -0.771. The van der Waals surface area contributed by atoms with E-state index in [-0.39, 0.29) is 11.9 Å². The van der Waals surface area contributed by atoms with Crippen LogP contribution in [0.15, 0.2) is 17.3 Å². The van der Waals surface area contributed by atoms with Gasteiger partial charge in [0, 0.05) is 30.5 Å². The summed E-state index contributed by atoms with van der Waals surface area (Å²) < 4.78 is 16.2. The van der Waals surface area contributed by atoms with Crippen LogP contribution in [0.1, 0.15) is 66.9 Å². The van der Waals surface area contributed by atoms with Crippen molar-refractivity contribution in [2.45, 2.75) is 84.6 Å². The van der Waals surface area contributed by atoms with Gasteiger partial charge < -0.3 is 29.3 Å². The summed E-state index contributed by atoms with van der Waals surface area (Å²) in [5.41, 5.74) is -0.462. The number of hydrogen-bond acceptors (Lipinski definition) is 7. The minimum Gasteiger partial charge on any atom is -0.496 e. The number of hydrogen-bond donors (Lipinski definition) is 1. The van der Waals surface area contributed by atoms with Gasteiger partial charge in [0.15, 0.2) is 5.60 Å². The highest BCUT2D eigenvalue weighted by atomic mass is 35.5. The van der Waals surface area contributed by atoms with Crippen LogP contribution in [-0.4, -0.2) is 66.7 Å². The van der Waals surface area contributed by atoms with Crippen LogP contribution in [0.3, 0.4) is 0 Å². The lowest BCUT2D eigenvalue weighted by atomic mass is 9.85. The van der Waals surface area contributed by atoms with Gasteiger partial charge >= 0.3 is 6.09 Å². The Labute approximate surface area is 218 Å². The Kier molecular flexibility index (Phi) is 7.75. The zero-order chi connectivity index (χ0) is 27.1. The molecule has 0 unspecified atom stereocenters. The predicted octanol–water partition coefficient (Wildman–Crippen LogP) is 4.78. The summed E-state index contributed by atoms with van der Waals surface area (Å²) >= 11 is 6.36. The molecule has 1 N–H and O–H groups in total. The molecule has 36 heavy (non-hydrogen) atoms. The zero-order valence-corrected chi connectivity index (χ0v) is 23.4. The smallest absolute Gasteiger partial charge is 0.408 e. The molecule has 1 saturated heterocycles. The van der Waals surface area contributed by atoms with Crippen molar-refractivity contribution in [3.8, 4) is 11.5 Å². The Bertz CT molecular complexity index is 1050. The highest BCUT2D eigenvalue weighted by Gasteiger charge is 2.52. The molecule has 0 aliphatic carbocycles. The van der Waals surface area contributed by atoms with Crippen molar-refractivity contribution in [1.29, 1.82) is 0 Å². The molecule has 1 aromatic rings. The lowest BCUT2D eigenvalue weighted by Crippen LogP contribution is -2.56. The third-order valence-electron chi connectivity index (χ3n) is 6.34. The van der Waals surface area contributed by atoms with Crippen molar-refractivity contribution in [2.75, 3.05) is 20.8 Å². The molecule has 3 atom stereocenters. The van der Waals surface area contributed by atoms with Crippen LogP contribution in [0, 0.1) is 5.41 Å². The summed E-state index contributed by atoms with van der Waals surface area (Å²) in [6.07, 6.45) is 0.463. The Morgan fingerprint density at radius 1 is 1.17 bits per heavy atom. The van der Waals surface area contributed by atoms with Gasteiger partial charge in [-0.3, -0.25) is 4.79 Å². The maximum Gasteiger partial charge on any atom is 0.408 e. The number of benzene rings is 1. The maximum atomic E-state index is 13.7. The highest BCUT2D eigenvalue weighted by Crippen LogP contribution is 2.42. The number of nitrogens with one attached hydrogen (secondary N) is 1. The summed E-state index contributed by atoms with van der Waals surface area (Å²) in [6.45, 7) is 13.4. The Hall–Kier alpha value is -2.68. The molecule has 10 heteroatoms. The van der Waals surface area contributed by atoms with Crippen molar-refractivity contribution in [2.24, 2.45) is 10.6 Å². The van der Waals surface area contributed by atoms with Crippen LogP contribution >= 0.6 is 11.6 Å². The maximum absolute atomic E-state index is 13.7. The van der Waals surface area contributed by atoms with Crippen LogP contribution in [-0.2, 0) is 14.4 Å². The number of methoxy groups -OCH3 is 2. The number of rotatable bonds is 5. The SMILES string of the molecule is COc1cc(OC)c(C2=NO[C@]3(C2)C[C@@H](C)N(C(=O)[C@@H](NC(=O)OC(C)(C)C)C(C)(C)C)C3)cc1Cl. The predicted molar refractivity (Wildman–Crippen MR) is 138 cm³/mol. The van der Waals surface area contributed by atoms with E-state index in [2.05, 4.69) is 10.5 Å². The summed E-state index contributed by atoms with van der Waals surface area (Å²) in [5.74, 6) is 0.896. The van der Waals surface area contributed by atoms with Crippen molar-refractivity contribution in [3.63, 3.8) is 0 Å². The van der Waals surface area contributed by atoms with Crippen LogP contribution in [0.4, 0.5) is 4.79 Å². The van der Waals surface area contributed by atoms with Gasteiger partial charge in [-0.25, -0.2) is 4.79 Å². The number of likely N-dealkylation sites (tertiary alicyclic amines) is 1. The fourth-order valence-corrected chi connectivity index (χ4v) is 4.90. The Balaban J connectivity index is 1.78. The van der Waals surface area contributed by atoms with Gasteiger partial charge in [0.05, 0.1) is 31.5 Å². The van der Waals surface area contributed by atoms with Gasteiger partial charge in [0.25, 0.3) is 0 Å². The molecular formula is C26H38ClN3O6. The van der Waals surface area contributed by atoms with E-state index in [1.165, 1.54) is 0 Å². The Morgan fingerprint density at radius 3 is 2.36 bits per heavy atom. The largest absolute Gasteiger partial charge is 0.496 e. The van der Waals surface area contributed by atoms with Gasteiger partial charge in [-0.15, -0.1) is 0 Å². The number of amides is 2. The molecule has 3 rings (SSSR count). The second-order valence-corrected chi connectivity index (χ2v) is 12.0. The summed E-state index contributed by atoms with van der Waals surface area (Å²) in [5, 5.41) is 7.60. The standard InChI is InChI=1S/C26H38ClN3O6/c1-15-12-26(13-18(29-36-26)16-10-17(27)20(34-9)11-19(16)33-8)14-30(15)22(31)21(24(2,3)4)28-23(32)35-25(5,6)7/h10-11,15,21H,12-14H2,1-9H3,(H,28,32)/t15-,21-,26+/m1/s1. The molecule has 1 spiro atoms. The quantitative estimate of drug-likeness (QED) is 0.596. The molecule has 2 amide bonds. The fraction of sp³-hybridized carbons (Fsp3) is 0.654. The van der Waals surface area contributed by atoms with E-state index in [9.17, 15) is 9.59 Å². The van der Waals surface area contributed by atoms with Gasteiger partial charge in [-0.05, 0) is 39.2 Å². The van der Waals surface area contributed by atoms with Crippen molar-refractivity contribution in [3.05, 3.63) is 22.7 Å². The van der Waals surface area contributed by atoms with Crippen LogP contribution in [0.5, 0.6) is 11.5 Å². The molecule has 0 aromatic heterocycles. The Morgan fingerprint density at radius 2 is 1.81 bits per heavy atom. The van der Waals surface area contributed by atoms with E-state index in [0.29, 0.717) is 41.6 Å². The molecule has 0 saturated carbocycles.